The maximum Gasteiger partial charge on any atom is 0.340 e. The number of phenols is 2. The second-order valence-corrected chi connectivity index (χ2v) is 8.14. The molecule has 0 aliphatic carbocycles. The van der Waals surface area contributed by atoms with Crippen LogP contribution < -0.4 is 4.74 Å². The van der Waals surface area contributed by atoms with Crippen molar-refractivity contribution in [2.75, 3.05) is 0 Å². The summed E-state index contributed by atoms with van der Waals surface area (Å²) in [5, 5.41) is 19.7. The van der Waals surface area contributed by atoms with Crippen molar-refractivity contribution < 1.29 is 37.5 Å². The van der Waals surface area contributed by atoms with E-state index in [0.29, 0.717) is 16.7 Å². The van der Waals surface area contributed by atoms with Crippen LogP contribution in [0.4, 0.5) is 0 Å². The second-order valence-electron chi connectivity index (χ2n) is 6.72. The van der Waals surface area contributed by atoms with Crippen molar-refractivity contribution in [3.63, 3.8) is 0 Å². The van der Waals surface area contributed by atoms with Crippen molar-refractivity contribution in [2.24, 2.45) is 0 Å². The van der Waals surface area contributed by atoms with E-state index in [9.17, 15) is 28.0 Å². The minimum Gasteiger partial charge on any atom is -0.508 e. The van der Waals surface area contributed by atoms with Gasteiger partial charge in [-0.1, -0.05) is 6.07 Å². The van der Waals surface area contributed by atoms with Crippen LogP contribution in [0.2, 0.25) is 0 Å². The van der Waals surface area contributed by atoms with Gasteiger partial charge in [-0.05, 0) is 36.4 Å². The summed E-state index contributed by atoms with van der Waals surface area (Å²) in [6, 6.07) is 12.2. The summed E-state index contributed by atoms with van der Waals surface area (Å²) in [5.41, 5.74) is -0.327. The molecule has 0 saturated carbocycles. The quantitative estimate of drug-likeness (QED) is 0.411. The topological polar surface area (TPSA) is 130 Å². The number of benzene rings is 3. The first kappa shape index (κ1) is 17.5. The molecule has 8 nitrogen and oxygen atoms in total. The van der Waals surface area contributed by atoms with Gasteiger partial charge in [-0.25, -0.2) is 4.79 Å². The van der Waals surface area contributed by atoms with Crippen molar-refractivity contribution in [3.8, 4) is 23.0 Å². The van der Waals surface area contributed by atoms with Crippen LogP contribution in [0.15, 0.2) is 59.5 Å². The number of carbonyl (C=O) groups excluding carboxylic acids is 1. The summed E-state index contributed by atoms with van der Waals surface area (Å²) in [4.78, 5) is 12.3. The second kappa shape index (κ2) is 5.49. The lowest BCUT2D eigenvalue weighted by Crippen LogP contribution is -2.32. The number of phenolic OH excluding ortho intramolecular Hbond substituents is 2. The molecule has 1 spiro atoms. The fourth-order valence-corrected chi connectivity index (χ4v) is 4.35. The third-order valence-corrected chi connectivity index (χ3v) is 5.89. The molecular formula is C20H12O8S. The molecular weight excluding hydrogens is 400 g/mol. The molecule has 3 aromatic carbocycles. The van der Waals surface area contributed by atoms with Crippen molar-refractivity contribution in [2.45, 2.75) is 10.5 Å². The molecule has 3 N–H and O–H groups in total. The normalized spacial score (nSPS) is 15.8. The van der Waals surface area contributed by atoms with Gasteiger partial charge in [0.1, 0.15) is 23.0 Å². The van der Waals surface area contributed by atoms with E-state index in [0.717, 1.165) is 6.07 Å². The first-order valence-electron chi connectivity index (χ1n) is 8.40. The summed E-state index contributed by atoms with van der Waals surface area (Å²) < 4.78 is 44.0. The van der Waals surface area contributed by atoms with Crippen LogP contribution in [0.3, 0.4) is 0 Å². The van der Waals surface area contributed by atoms with Gasteiger partial charge >= 0.3 is 5.97 Å². The molecule has 0 atom stereocenters. The predicted molar refractivity (Wildman–Crippen MR) is 97.8 cm³/mol. The Morgan fingerprint density at radius 1 is 0.793 bits per heavy atom. The Labute approximate surface area is 164 Å². The molecule has 29 heavy (non-hydrogen) atoms. The molecule has 2 aliphatic heterocycles. The van der Waals surface area contributed by atoms with Crippen molar-refractivity contribution in [1.82, 2.24) is 0 Å². The summed E-state index contributed by atoms with van der Waals surface area (Å²) in [6.45, 7) is 0. The standard InChI is InChI=1S/C20H12O8S/c21-10-1-4-15-17(7-10)27-18-8-11(22)2-5-16(18)20(15)14-6-3-12(29(24,25)26)9-13(14)19(23)28-20/h1-9,21-22H,(H,24,25,26). The van der Waals surface area contributed by atoms with Gasteiger partial charge in [-0.15, -0.1) is 0 Å². The van der Waals surface area contributed by atoms with Crippen LogP contribution >= 0.6 is 0 Å². The maximum atomic E-state index is 12.7. The molecule has 0 radical (unpaired) electrons. The largest absolute Gasteiger partial charge is 0.508 e. The molecule has 0 bridgehead atoms. The smallest absolute Gasteiger partial charge is 0.340 e. The van der Waals surface area contributed by atoms with Crippen LogP contribution in [0.1, 0.15) is 27.0 Å². The monoisotopic (exact) mass is 412 g/mol. The highest BCUT2D eigenvalue weighted by molar-refractivity contribution is 7.85. The fraction of sp³-hybridized carbons (Fsp3) is 0.0500. The molecule has 0 unspecified atom stereocenters. The lowest BCUT2D eigenvalue weighted by atomic mass is 9.77. The van der Waals surface area contributed by atoms with Gasteiger partial charge in [0.15, 0.2) is 5.60 Å². The van der Waals surface area contributed by atoms with E-state index in [1.165, 1.54) is 36.4 Å². The zero-order valence-corrected chi connectivity index (χ0v) is 15.3. The summed E-state index contributed by atoms with van der Waals surface area (Å²) in [5.74, 6) is -0.516. The minimum atomic E-state index is -4.52. The Morgan fingerprint density at radius 2 is 1.34 bits per heavy atom. The highest BCUT2D eigenvalue weighted by atomic mass is 32.2. The molecule has 2 aliphatic rings. The minimum absolute atomic E-state index is 0.0277. The zero-order valence-electron chi connectivity index (χ0n) is 14.5. The molecule has 9 heteroatoms. The third-order valence-electron chi connectivity index (χ3n) is 5.04. The van der Waals surface area contributed by atoms with Gasteiger partial charge < -0.3 is 19.7 Å². The highest BCUT2D eigenvalue weighted by Gasteiger charge is 2.53. The van der Waals surface area contributed by atoms with E-state index in [4.69, 9.17) is 9.47 Å². The van der Waals surface area contributed by atoms with Crippen molar-refractivity contribution >= 4 is 16.1 Å². The first-order chi connectivity index (χ1) is 13.7. The van der Waals surface area contributed by atoms with Crippen LogP contribution in [-0.4, -0.2) is 29.2 Å². The van der Waals surface area contributed by atoms with Crippen molar-refractivity contribution in [1.29, 1.82) is 0 Å². The Bertz CT molecular complexity index is 1270. The van der Waals surface area contributed by atoms with Crippen LogP contribution in [-0.2, 0) is 20.5 Å². The Balaban J connectivity index is 1.87. The SMILES string of the molecule is O=C1OC2(c3ccc(O)cc3Oc3cc(O)ccc32)c2ccc(S(=O)(=O)O)cc21. The van der Waals surface area contributed by atoms with Gasteiger partial charge in [-0.2, -0.15) is 8.42 Å². The molecule has 2 heterocycles. The molecule has 0 saturated heterocycles. The van der Waals surface area contributed by atoms with Gasteiger partial charge in [0, 0.05) is 28.8 Å². The van der Waals surface area contributed by atoms with E-state index in [1.54, 1.807) is 12.1 Å². The summed E-state index contributed by atoms with van der Waals surface area (Å²) >= 11 is 0. The van der Waals surface area contributed by atoms with Gasteiger partial charge in [0.2, 0.25) is 0 Å². The van der Waals surface area contributed by atoms with Gasteiger partial charge in [0.25, 0.3) is 10.1 Å². The third kappa shape index (κ3) is 2.35. The Kier molecular flexibility index (Phi) is 3.32. The lowest BCUT2D eigenvalue weighted by Gasteiger charge is -2.36. The van der Waals surface area contributed by atoms with E-state index in [1.807, 2.05) is 0 Å². The number of carbonyl (C=O) groups is 1. The van der Waals surface area contributed by atoms with E-state index in [-0.39, 0.29) is 28.6 Å². The van der Waals surface area contributed by atoms with Gasteiger partial charge in [0.05, 0.1) is 10.5 Å². The molecule has 3 aromatic rings. The summed E-state index contributed by atoms with van der Waals surface area (Å²) in [7, 11) is -4.52. The number of fused-ring (bicyclic) bond motifs is 6. The average Bonchev–Trinajstić information content (AvgIpc) is 2.93. The van der Waals surface area contributed by atoms with Crippen LogP contribution in [0.5, 0.6) is 23.0 Å². The molecule has 146 valence electrons. The number of hydrogen-bond acceptors (Lipinski definition) is 7. The molecule has 5 rings (SSSR count). The van der Waals surface area contributed by atoms with E-state index >= 15 is 0 Å². The molecule has 0 amide bonds. The first-order valence-corrected chi connectivity index (χ1v) is 9.84. The Hall–Kier alpha value is -3.56. The zero-order chi connectivity index (χ0) is 20.6. The Morgan fingerprint density at radius 3 is 1.90 bits per heavy atom. The van der Waals surface area contributed by atoms with Gasteiger partial charge in [-0.3, -0.25) is 4.55 Å². The number of hydrogen-bond donors (Lipinski definition) is 3. The number of rotatable bonds is 1. The highest BCUT2D eigenvalue weighted by Crippen LogP contribution is 2.57. The van der Waals surface area contributed by atoms with Crippen LogP contribution in [0.25, 0.3) is 0 Å². The van der Waals surface area contributed by atoms with E-state index < -0.39 is 26.6 Å². The lowest BCUT2D eigenvalue weighted by molar-refractivity contribution is 0.0224. The molecule has 0 fully saturated rings. The average molecular weight is 412 g/mol. The number of esters is 1. The predicted octanol–water partition coefficient (Wildman–Crippen LogP) is 2.91. The molecule has 0 aromatic heterocycles. The fourth-order valence-electron chi connectivity index (χ4n) is 3.85. The van der Waals surface area contributed by atoms with Crippen molar-refractivity contribution in [3.05, 3.63) is 76.9 Å². The van der Waals surface area contributed by atoms with Crippen LogP contribution in [0, 0.1) is 0 Å². The van der Waals surface area contributed by atoms with E-state index in [2.05, 4.69) is 0 Å². The number of ether oxygens (including phenoxy) is 2. The maximum absolute atomic E-state index is 12.7. The summed E-state index contributed by atoms with van der Waals surface area (Å²) in [6.07, 6.45) is 0. The number of aromatic hydroxyl groups is 2.